The van der Waals surface area contributed by atoms with Crippen LogP contribution in [0, 0.1) is 13.8 Å². The number of thiophene rings is 1. The molecule has 7 nitrogen and oxygen atoms in total. The monoisotopic (exact) mass is 436 g/mol. The summed E-state index contributed by atoms with van der Waals surface area (Å²) in [6, 6.07) is 7.32. The Morgan fingerprint density at radius 2 is 1.87 bits per heavy atom. The number of fused-ring (bicyclic) bond motifs is 1. The molecule has 0 radical (unpaired) electrons. The number of benzene rings is 1. The number of nitrogens with two attached hydrogens (primary N) is 1. The molecule has 0 saturated carbocycles. The van der Waals surface area contributed by atoms with E-state index in [1.165, 1.54) is 16.2 Å². The molecule has 158 valence electrons. The molecule has 1 fully saturated rings. The van der Waals surface area contributed by atoms with Crippen molar-refractivity contribution in [1.29, 1.82) is 0 Å². The number of nitrogens with zero attached hydrogens (tertiary/aromatic N) is 5. The highest BCUT2D eigenvalue weighted by molar-refractivity contribution is 7.21. The van der Waals surface area contributed by atoms with Gasteiger partial charge >= 0.3 is 0 Å². The number of alkyl halides is 1. The summed E-state index contributed by atoms with van der Waals surface area (Å²) in [5, 5.41) is 13.2. The molecule has 9 heteroatoms. The third kappa shape index (κ3) is 3.07. The number of amides is 1. The van der Waals surface area contributed by atoms with Crippen LogP contribution in [0.1, 0.15) is 26.5 Å². The minimum atomic E-state index is -1.57. The van der Waals surface area contributed by atoms with Gasteiger partial charge in [0.2, 0.25) is 0 Å². The van der Waals surface area contributed by atoms with Crippen molar-refractivity contribution >= 4 is 33.1 Å². The van der Waals surface area contributed by atoms with Gasteiger partial charge < -0.3 is 10.6 Å². The Morgan fingerprint density at radius 3 is 2.52 bits per heavy atom. The Balaban J connectivity index is 1.35. The third-order valence-electron chi connectivity index (χ3n) is 5.94. The van der Waals surface area contributed by atoms with E-state index in [-0.39, 0.29) is 19.0 Å². The second-order valence-corrected chi connectivity index (χ2v) is 9.04. The molecule has 1 aromatic carbocycles. The largest absolute Gasteiger partial charge is 0.397 e. The van der Waals surface area contributed by atoms with Gasteiger partial charge in [-0.1, -0.05) is 24.3 Å². The van der Waals surface area contributed by atoms with E-state index < -0.39 is 5.67 Å². The lowest BCUT2D eigenvalue weighted by Gasteiger charge is -2.44. The van der Waals surface area contributed by atoms with Crippen molar-refractivity contribution in [2.75, 3.05) is 18.8 Å². The molecule has 1 aliphatic rings. The summed E-state index contributed by atoms with van der Waals surface area (Å²) in [5.74, 6) is -0.266. The number of carbonyl (C=O) groups is 1. The van der Waals surface area contributed by atoms with Crippen molar-refractivity contribution in [3.05, 3.63) is 58.4 Å². The number of aromatic nitrogens is 4. The number of anilines is 1. The summed E-state index contributed by atoms with van der Waals surface area (Å²) in [6.07, 6.45) is 3.68. The summed E-state index contributed by atoms with van der Waals surface area (Å²) in [6.45, 7) is 3.76. The summed E-state index contributed by atoms with van der Waals surface area (Å²) < 4.78 is 17.2. The van der Waals surface area contributed by atoms with Gasteiger partial charge in [-0.2, -0.15) is 10.2 Å². The lowest BCUT2D eigenvalue weighted by Crippen LogP contribution is -2.58. The van der Waals surface area contributed by atoms with Crippen LogP contribution in [0.5, 0.6) is 0 Å². The molecule has 3 aromatic heterocycles. The number of halogens is 1. The molecule has 2 N–H and O–H groups in total. The molecule has 0 spiro atoms. The first-order valence-corrected chi connectivity index (χ1v) is 10.7. The fourth-order valence-corrected chi connectivity index (χ4v) is 5.03. The smallest absolute Gasteiger partial charge is 0.266 e. The van der Waals surface area contributed by atoms with Crippen LogP contribution in [0.15, 0.2) is 36.7 Å². The number of nitrogen functional groups attached to an aromatic ring is 1. The van der Waals surface area contributed by atoms with E-state index in [0.29, 0.717) is 21.0 Å². The predicted molar refractivity (Wildman–Crippen MR) is 119 cm³/mol. The zero-order valence-electron chi connectivity index (χ0n) is 17.4. The molecule has 31 heavy (non-hydrogen) atoms. The van der Waals surface area contributed by atoms with Crippen LogP contribution in [0.25, 0.3) is 21.3 Å². The molecule has 0 aliphatic carbocycles. The molecular formula is C22H21FN6OS. The maximum Gasteiger partial charge on any atom is 0.266 e. The molecule has 4 aromatic rings. The first-order chi connectivity index (χ1) is 14.8. The van der Waals surface area contributed by atoms with Gasteiger partial charge in [-0.15, -0.1) is 16.4 Å². The minimum absolute atomic E-state index is 0.00452. The van der Waals surface area contributed by atoms with Crippen molar-refractivity contribution in [2.45, 2.75) is 19.5 Å². The quantitative estimate of drug-likeness (QED) is 0.530. The Bertz CT molecular complexity index is 1320. The summed E-state index contributed by atoms with van der Waals surface area (Å²) in [7, 11) is 1.85. The number of hydrogen-bond acceptors (Lipinski definition) is 6. The van der Waals surface area contributed by atoms with E-state index in [1.807, 2.05) is 39.2 Å². The first kappa shape index (κ1) is 19.6. The molecule has 0 atom stereocenters. The van der Waals surface area contributed by atoms with Crippen molar-refractivity contribution in [1.82, 2.24) is 24.9 Å². The number of carbonyl (C=O) groups excluding carboxylic acids is 1. The number of hydrogen-bond donors (Lipinski definition) is 1. The minimum Gasteiger partial charge on any atom is -0.397 e. The summed E-state index contributed by atoms with van der Waals surface area (Å²) in [5.41, 5.74) is 9.30. The van der Waals surface area contributed by atoms with E-state index in [4.69, 9.17) is 5.73 Å². The van der Waals surface area contributed by atoms with Crippen LogP contribution in [-0.2, 0) is 12.7 Å². The molecule has 1 amide bonds. The van der Waals surface area contributed by atoms with Crippen LogP contribution in [0.4, 0.5) is 10.1 Å². The first-order valence-electron chi connectivity index (χ1n) is 9.86. The van der Waals surface area contributed by atoms with E-state index in [9.17, 15) is 4.79 Å². The fourth-order valence-electron chi connectivity index (χ4n) is 3.96. The Morgan fingerprint density at radius 1 is 1.16 bits per heavy atom. The van der Waals surface area contributed by atoms with Crippen LogP contribution in [-0.4, -0.2) is 43.9 Å². The van der Waals surface area contributed by atoms with Gasteiger partial charge in [-0.3, -0.25) is 9.48 Å². The van der Waals surface area contributed by atoms with Crippen LogP contribution < -0.4 is 5.73 Å². The maximum atomic E-state index is 15.5. The van der Waals surface area contributed by atoms with Gasteiger partial charge in [0.15, 0.2) is 5.67 Å². The average molecular weight is 437 g/mol. The van der Waals surface area contributed by atoms with E-state index in [0.717, 1.165) is 27.8 Å². The van der Waals surface area contributed by atoms with E-state index in [1.54, 1.807) is 23.0 Å². The zero-order valence-corrected chi connectivity index (χ0v) is 18.2. The Kier molecular flexibility index (Phi) is 4.33. The average Bonchev–Trinajstić information content (AvgIpc) is 3.32. The van der Waals surface area contributed by atoms with Gasteiger partial charge in [-0.05, 0) is 30.5 Å². The molecule has 0 bridgehead atoms. The predicted octanol–water partition coefficient (Wildman–Crippen LogP) is 3.61. The van der Waals surface area contributed by atoms with Crippen molar-refractivity contribution in [3.63, 3.8) is 0 Å². The van der Waals surface area contributed by atoms with Gasteiger partial charge in [0.25, 0.3) is 5.91 Å². The van der Waals surface area contributed by atoms with Gasteiger partial charge in [0.1, 0.15) is 9.71 Å². The number of rotatable bonds is 3. The van der Waals surface area contributed by atoms with Crippen LogP contribution in [0.2, 0.25) is 0 Å². The van der Waals surface area contributed by atoms with Gasteiger partial charge in [-0.25, -0.2) is 4.39 Å². The number of likely N-dealkylation sites (tertiary alicyclic amines) is 1. The molecule has 4 heterocycles. The topological polar surface area (TPSA) is 89.9 Å². The van der Waals surface area contributed by atoms with Crippen molar-refractivity contribution in [2.24, 2.45) is 7.05 Å². The Hall–Kier alpha value is -3.33. The summed E-state index contributed by atoms with van der Waals surface area (Å²) in [4.78, 5) is 15.5. The lowest BCUT2D eigenvalue weighted by molar-refractivity contribution is -0.0227. The van der Waals surface area contributed by atoms with Crippen LogP contribution >= 0.6 is 11.3 Å². The Labute approximate surface area is 182 Å². The highest BCUT2D eigenvalue weighted by Gasteiger charge is 2.48. The second-order valence-electron chi connectivity index (χ2n) is 8.04. The zero-order chi connectivity index (χ0) is 21.9. The van der Waals surface area contributed by atoms with Gasteiger partial charge in [0, 0.05) is 24.2 Å². The summed E-state index contributed by atoms with van der Waals surface area (Å²) >= 11 is 1.21. The van der Waals surface area contributed by atoms with Crippen LogP contribution in [0.3, 0.4) is 0 Å². The highest BCUT2D eigenvalue weighted by atomic mass is 32.1. The highest BCUT2D eigenvalue weighted by Crippen LogP contribution is 2.41. The van der Waals surface area contributed by atoms with Crippen molar-refractivity contribution < 1.29 is 9.18 Å². The van der Waals surface area contributed by atoms with E-state index >= 15 is 4.39 Å². The third-order valence-corrected chi connectivity index (χ3v) is 7.02. The maximum absolute atomic E-state index is 15.5. The molecule has 0 unspecified atom stereocenters. The standard InChI is InChI=1S/C22H21FN6OS/c1-12-13(2)26-27-20-17(12)18(24)19(31-20)21(30)29-10-22(23,11-29)16-6-4-14(5-7-16)15-8-25-28(3)9-15/h4-9H,10-11,24H2,1-3H3. The molecule has 1 aliphatic heterocycles. The molecular weight excluding hydrogens is 415 g/mol. The normalized spacial score (nSPS) is 15.3. The SMILES string of the molecule is Cc1nnc2sc(C(=O)N3CC(F)(c4ccc(-c5cnn(C)c5)cc4)C3)c(N)c2c1C. The second kappa shape index (κ2) is 6.84. The van der Waals surface area contributed by atoms with E-state index in [2.05, 4.69) is 15.3 Å². The van der Waals surface area contributed by atoms with Crippen molar-refractivity contribution in [3.8, 4) is 11.1 Å². The lowest BCUT2D eigenvalue weighted by atomic mass is 9.87. The molecule has 5 rings (SSSR count). The fraction of sp³-hybridized carbons (Fsp3) is 0.273. The van der Waals surface area contributed by atoms with Gasteiger partial charge in [0.05, 0.1) is 30.7 Å². The molecule has 1 saturated heterocycles. The number of aryl methyl sites for hydroxylation is 3.